The minimum absolute atomic E-state index is 0.0393. The molecule has 0 aliphatic carbocycles. The first-order valence-corrected chi connectivity index (χ1v) is 11.0. The average molecular weight is 420 g/mol. The lowest BCUT2D eigenvalue weighted by atomic mass is 10.0. The molecule has 0 aromatic heterocycles. The van der Waals surface area contributed by atoms with Crippen LogP contribution in [0.2, 0.25) is 0 Å². The van der Waals surface area contributed by atoms with Gasteiger partial charge in [0.15, 0.2) is 0 Å². The Labute approximate surface area is 183 Å². The summed E-state index contributed by atoms with van der Waals surface area (Å²) in [6, 6.07) is 15.0. The van der Waals surface area contributed by atoms with Crippen molar-refractivity contribution < 1.29 is 14.7 Å². The van der Waals surface area contributed by atoms with Crippen LogP contribution in [0.1, 0.15) is 60.1 Å². The van der Waals surface area contributed by atoms with Gasteiger partial charge in [0, 0.05) is 12.2 Å². The molecule has 2 aliphatic rings. The normalized spacial score (nSPS) is 20.6. The monoisotopic (exact) mass is 419 g/mol. The number of anilines is 1. The van der Waals surface area contributed by atoms with E-state index in [4.69, 9.17) is 0 Å². The van der Waals surface area contributed by atoms with Crippen LogP contribution in [0.3, 0.4) is 0 Å². The quantitative estimate of drug-likeness (QED) is 0.650. The van der Waals surface area contributed by atoms with E-state index in [0.29, 0.717) is 12.2 Å². The number of rotatable bonds is 7. The number of carbonyl (C=O) groups excluding carboxylic acids is 1. The van der Waals surface area contributed by atoms with Gasteiger partial charge in [0.1, 0.15) is 5.70 Å². The van der Waals surface area contributed by atoms with Crippen molar-refractivity contribution in [3.8, 4) is 0 Å². The maximum atomic E-state index is 13.4. The first kappa shape index (κ1) is 21.1. The fourth-order valence-corrected chi connectivity index (χ4v) is 4.29. The molecule has 6 nitrogen and oxygen atoms in total. The van der Waals surface area contributed by atoms with E-state index >= 15 is 0 Å². The molecule has 1 saturated heterocycles. The number of nitrogens with zero attached hydrogens (tertiary/aromatic N) is 2. The van der Waals surface area contributed by atoms with Crippen LogP contribution < -0.4 is 10.3 Å². The van der Waals surface area contributed by atoms with E-state index in [1.165, 1.54) is 5.56 Å². The number of hydrazine groups is 1. The molecule has 162 valence electrons. The maximum Gasteiger partial charge on any atom is 0.335 e. The molecule has 1 amide bonds. The molecule has 31 heavy (non-hydrogen) atoms. The molecule has 2 aliphatic heterocycles. The van der Waals surface area contributed by atoms with Crippen molar-refractivity contribution in [2.75, 3.05) is 11.4 Å². The highest BCUT2D eigenvalue weighted by Crippen LogP contribution is 2.34. The fourth-order valence-electron chi connectivity index (χ4n) is 4.29. The molecule has 0 radical (unpaired) electrons. The Balaban J connectivity index is 1.63. The molecule has 4 rings (SSSR count). The zero-order valence-electron chi connectivity index (χ0n) is 18.0. The Morgan fingerprint density at radius 3 is 2.45 bits per heavy atom. The summed E-state index contributed by atoms with van der Waals surface area (Å²) in [6.07, 6.45) is 6.40. The van der Waals surface area contributed by atoms with Crippen molar-refractivity contribution in [3.63, 3.8) is 0 Å². The van der Waals surface area contributed by atoms with Crippen LogP contribution in [-0.2, 0) is 4.79 Å². The van der Waals surface area contributed by atoms with E-state index in [2.05, 4.69) is 48.5 Å². The lowest BCUT2D eigenvalue weighted by Gasteiger charge is -2.41. The van der Waals surface area contributed by atoms with Gasteiger partial charge >= 0.3 is 5.97 Å². The molecule has 2 atom stereocenters. The number of aromatic carboxylic acids is 1. The lowest BCUT2D eigenvalue weighted by molar-refractivity contribution is -0.119. The van der Waals surface area contributed by atoms with Gasteiger partial charge in [-0.15, -0.1) is 0 Å². The van der Waals surface area contributed by atoms with E-state index in [9.17, 15) is 14.7 Å². The number of piperazine rings is 1. The van der Waals surface area contributed by atoms with Crippen molar-refractivity contribution >= 4 is 17.6 Å². The van der Waals surface area contributed by atoms with Crippen LogP contribution in [0.4, 0.5) is 5.69 Å². The second kappa shape index (κ2) is 8.94. The third kappa shape index (κ3) is 4.35. The number of carbonyl (C=O) groups is 2. The Morgan fingerprint density at radius 2 is 1.81 bits per heavy atom. The summed E-state index contributed by atoms with van der Waals surface area (Å²) in [5.74, 6) is -1.03. The van der Waals surface area contributed by atoms with E-state index < -0.39 is 5.97 Å². The van der Waals surface area contributed by atoms with E-state index in [0.717, 1.165) is 36.9 Å². The number of aryl methyl sites for hydroxylation is 1. The Kier molecular flexibility index (Phi) is 6.09. The van der Waals surface area contributed by atoms with Gasteiger partial charge in [-0.05, 0) is 49.2 Å². The van der Waals surface area contributed by atoms with Crippen molar-refractivity contribution in [1.29, 1.82) is 0 Å². The molecule has 0 bridgehead atoms. The van der Waals surface area contributed by atoms with Gasteiger partial charge in [-0.3, -0.25) is 9.80 Å². The molecule has 6 heteroatoms. The first-order valence-electron chi connectivity index (χ1n) is 11.0. The number of hydrogen-bond donors (Lipinski definition) is 2. The van der Waals surface area contributed by atoms with Gasteiger partial charge in [-0.1, -0.05) is 56.0 Å². The zero-order valence-corrected chi connectivity index (χ0v) is 18.0. The summed E-state index contributed by atoms with van der Waals surface area (Å²) in [5, 5.41) is 11.2. The standard InChI is InChI=1S/C25H29N3O3/c1-3-4-5-6-21-16-27(20-13-11-19(12-14-20)25(30)31)24(29)23-15-22(26-28(21)23)18-9-7-17(2)8-10-18/h7-15,21-22,26H,3-6,16H2,1-2H3,(H,30,31). The second-order valence-corrected chi connectivity index (χ2v) is 8.36. The van der Waals surface area contributed by atoms with Crippen molar-refractivity contribution in [2.45, 2.75) is 51.6 Å². The molecule has 2 heterocycles. The third-order valence-corrected chi connectivity index (χ3v) is 6.09. The van der Waals surface area contributed by atoms with Gasteiger partial charge in [0.25, 0.3) is 5.91 Å². The summed E-state index contributed by atoms with van der Waals surface area (Å²) in [6.45, 7) is 4.82. The smallest absolute Gasteiger partial charge is 0.335 e. The predicted molar refractivity (Wildman–Crippen MR) is 121 cm³/mol. The lowest BCUT2D eigenvalue weighted by Crippen LogP contribution is -2.57. The summed E-state index contributed by atoms with van der Waals surface area (Å²) >= 11 is 0. The number of hydrogen-bond acceptors (Lipinski definition) is 4. The predicted octanol–water partition coefficient (Wildman–Crippen LogP) is 4.43. The number of carboxylic acid groups (broad SMARTS) is 1. The topological polar surface area (TPSA) is 72.9 Å². The molecule has 2 N–H and O–H groups in total. The van der Waals surface area contributed by atoms with Crippen LogP contribution in [0, 0.1) is 6.92 Å². The van der Waals surface area contributed by atoms with Gasteiger partial charge in [-0.25, -0.2) is 10.2 Å². The number of amides is 1. The van der Waals surface area contributed by atoms with Gasteiger partial charge in [-0.2, -0.15) is 0 Å². The molecule has 2 aromatic rings. The first-order chi connectivity index (χ1) is 15.0. The van der Waals surface area contributed by atoms with Crippen LogP contribution in [-0.4, -0.2) is 34.6 Å². The van der Waals surface area contributed by atoms with E-state index in [1.807, 2.05) is 6.08 Å². The molecular formula is C25H29N3O3. The third-order valence-electron chi connectivity index (χ3n) is 6.09. The van der Waals surface area contributed by atoms with Crippen LogP contribution in [0.5, 0.6) is 0 Å². The Morgan fingerprint density at radius 1 is 1.10 bits per heavy atom. The molecule has 2 aromatic carbocycles. The summed E-state index contributed by atoms with van der Waals surface area (Å²) < 4.78 is 0. The van der Waals surface area contributed by atoms with Crippen molar-refractivity contribution in [3.05, 3.63) is 77.0 Å². The van der Waals surface area contributed by atoms with Crippen molar-refractivity contribution in [2.24, 2.45) is 0 Å². The van der Waals surface area contributed by atoms with E-state index in [1.54, 1.807) is 29.2 Å². The molecule has 1 fully saturated rings. The van der Waals surface area contributed by atoms with Gasteiger partial charge < -0.3 is 10.0 Å². The fraction of sp³-hybridized carbons (Fsp3) is 0.360. The number of nitrogens with one attached hydrogen (secondary N) is 1. The SMILES string of the molecule is CCCCCC1CN(c2ccc(C(=O)O)cc2)C(=O)C2=CC(c3ccc(C)cc3)NN21. The van der Waals surface area contributed by atoms with Gasteiger partial charge in [0.2, 0.25) is 0 Å². The van der Waals surface area contributed by atoms with Crippen LogP contribution >= 0.6 is 0 Å². The zero-order chi connectivity index (χ0) is 22.0. The van der Waals surface area contributed by atoms with Crippen LogP contribution in [0.15, 0.2) is 60.3 Å². The molecule has 0 spiro atoms. The van der Waals surface area contributed by atoms with Gasteiger partial charge in [0.05, 0.1) is 17.6 Å². The average Bonchev–Trinajstić information content (AvgIpc) is 3.22. The molecular weight excluding hydrogens is 390 g/mol. The Bertz CT molecular complexity index is 982. The molecule has 0 saturated carbocycles. The number of fused-ring (bicyclic) bond motifs is 1. The van der Waals surface area contributed by atoms with E-state index in [-0.39, 0.29) is 23.6 Å². The maximum absolute atomic E-state index is 13.4. The number of unbranched alkanes of at least 4 members (excludes halogenated alkanes) is 2. The summed E-state index contributed by atoms with van der Waals surface area (Å²) in [4.78, 5) is 26.4. The molecule has 2 unspecified atom stereocenters. The van der Waals surface area contributed by atoms with Crippen LogP contribution in [0.25, 0.3) is 0 Å². The van der Waals surface area contributed by atoms with Crippen molar-refractivity contribution in [1.82, 2.24) is 10.4 Å². The largest absolute Gasteiger partial charge is 0.478 e. The minimum Gasteiger partial charge on any atom is -0.478 e. The summed E-state index contributed by atoms with van der Waals surface area (Å²) in [5.41, 5.74) is 7.50. The second-order valence-electron chi connectivity index (χ2n) is 8.36. The highest BCUT2D eigenvalue weighted by Gasteiger charge is 2.41. The Hall–Kier alpha value is -3.12. The minimum atomic E-state index is -0.969. The number of carboxylic acids is 1. The highest BCUT2D eigenvalue weighted by molar-refractivity contribution is 6.06. The summed E-state index contributed by atoms with van der Waals surface area (Å²) in [7, 11) is 0. The number of benzene rings is 2. The highest BCUT2D eigenvalue weighted by atomic mass is 16.4.